The summed E-state index contributed by atoms with van der Waals surface area (Å²) in [4.78, 5) is 10.8. The second-order valence-corrected chi connectivity index (χ2v) is 14.8. The quantitative estimate of drug-likeness (QED) is 0.177. The lowest BCUT2D eigenvalue weighted by Gasteiger charge is -2.22. The van der Waals surface area contributed by atoms with E-state index in [1.54, 1.807) is 0 Å². The SMILES string of the molecule is c1ccc(C2=NC(c3cccc4oc5c(-n6c7ccccc7c7c8oc9ccccc9c8ccc76)cccc5c34)=NC(c3cccc(-c4ccccc4)c3)C2)cc1. The van der Waals surface area contributed by atoms with Crippen LogP contribution in [0, 0.1) is 0 Å². The van der Waals surface area contributed by atoms with E-state index in [-0.39, 0.29) is 6.04 Å². The Balaban J connectivity index is 1.07. The van der Waals surface area contributed by atoms with Crippen molar-refractivity contribution in [3.63, 3.8) is 0 Å². The standard InChI is InChI=1S/C52H33N3O2/c1-3-14-32(15-4-1)34-18-11-19-35(30-34)42-31-41(33-16-5-2-6-17-33)53-52(54-42)40-23-13-27-47-48(40)39-22-12-25-45(50(39)57-47)55-43-24-9-7-21-38(43)49-44(55)29-28-37-36-20-8-10-26-46(36)56-51(37)49/h1-30,42H,31H2. The molecular formula is C52H33N3O2. The normalized spacial score (nSPS) is 14.6. The average Bonchev–Trinajstić information content (AvgIpc) is 3.97. The molecule has 268 valence electrons. The van der Waals surface area contributed by atoms with Gasteiger partial charge in [-0.1, -0.05) is 140 Å². The number of furan rings is 2. The van der Waals surface area contributed by atoms with Crippen molar-refractivity contribution in [2.45, 2.75) is 12.5 Å². The fourth-order valence-corrected chi connectivity index (χ4v) is 8.96. The highest BCUT2D eigenvalue weighted by atomic mass is 16.3. The van der Waals surface area contributed by atoms with Gasteiger partial charge in [0.15, 0.2) is 11.4 Å². The van der Waals surface area contributed by atoms with Crippen LogP contribution in [0.15, 0.2) is 201 Å². The molecule has 0 N–H and O–H groups in total. The maximum atomic E-state index is 6.91. The molecule has 0 fully saturated rings. The summed E-state index contributed by atoms with van der Waals surface area (Å²) in [7, 11) is 0. The molecule has 3 aromatic heterocycles. The summed E-state index contributed by atoms with van der Waals surface area (Å²) in [5.41, 5.74) is 13.1. The first kappa shape index (κ1) is 31.8. The van der Waals surface area contributed by atoms with Crippen LogP contribution in [0.2, 0.25) is 0 Å². The minimum Gasteiger partial charge on any atom is -0.455 e. The number of rotatable bonds is 5. The van der Waals surface area contributed by atoms with E-state index in [0.29, 0.717) is 12.3 Å². The molecular weight excluding hydrogens is 699 g/mol. The maximum absolute atomic E-state index is 6.91. The van der Waals surface area contributed by atoms with E-state index in [2.05, 4.69) is 174 Å². The van der Waals surface area contributed by atoms with Crippen LogP contribution in [0.4, 0.5) is 0 Å². The monoisotopic (exact) mass is 731 g/mol. The highest BCUT2D eigenvalue weighted by Crippen LogP contribution is 2.43. The number of aromatic nitrogens is 1. The first-order chi connectivity index (χ1) is 28.3. The average molecular weight is 732 g/mol. The van der Waals surface area contributed by atoms with Gasteiger partial charge in [-0.2, -0.15) is 0 Å². The molecule has 1 unspecified atom stereocenters. The Bertz CT molecular complexity index is 3440. The van der Waals surface area contributed by atoms with Gasteiger partial charge in [0.25, 0.3) is 0 Å². The van der Waals surface area contributed by atoms with E-state index in [4.69, 9.17) is 18.8 Å². The molecule has 0 aliphatic carbocycles. The van der Waals surface area contributed by atoms with Crippen LogP contribution in [-0.4, -0.2) is 16.1 Å². The van der Waals surface area contributed by atoms with Crippen molar-refractivity contribution in [1.82, 2.24) is 4.57 Å². The Morgan fingerprint density at radius 3 is 2.04 bits per heavy atom. The number of amidine groups is 1. The third kappa shape index (κ3) is 4.95. The summed E-state index contributed by atoms with van der Waals surface area (Å²) in [5.74, 6) is 0.707. The number of nitrogens with zero attached hydrogens (tertiary/aromatic N) is 3. The van der Waals surface area contributed by atoms with Crippen molar-refractivity contribution < 1.29 is 8.83 Å². The van der Waals surface area contributed by atoms with Gasteiger partial charge in [-0.15, -0.1) is 0 Å². The first-order valence-corrected chi connectivity index (χ1v) is 19.4. The van der Waals surface area contributed by atoms with Gasteiger partial charge in [0.05, 0.1) is 33.9 Å². The summed E-state index contributed by atoms with van der Waals surface area (Å²) >= 11 is 0. The van der Waals surface area contributed by atoms with Crippen LogP contribution >= 0.6 is 0 Å². The van der Waals surface area contributed by atoms with E-state index >= 15 is 0 Å². The molecule has 0 bridgehead atoms. The van der Waals surface area contributed by atoms with Gasteiger partial charge >= 0.3 is 0 Å². The molecule has 0 amide bonds. The Hall–Kier alpha value is -7.50. The summed E-state index contributed by atoms with van der Waals surface area (Å²) in [6, 6.07) is 63.6. The lowest BCUT2D eigenvalue weighted by atomic mass is 9.93. The van der Waals surface area contributed by atoms with Crippen molar-refractivity contribution >= 4 is 77.2 Å². The maximum Gasteiger partial charge on any atom is 0.159 e. The Labute approximate surface area is 327 Å². The summed E-state index contributed by atoms with van der Waals surface area (Å²) in [5, 5.41) is 6.47. The molecule has 5 nitrogen and oxygen atoms in total. The van der Waals surface area contributed by atoms with Crippen LogP contribution in [0.5, 0.6) is 0 Å². The third-order valence-electron chi connectivity index (χ3n) is 11.6. The van der Waals surface area contributed by atoms with Gasteiger partial charge in [0.2, 0.25) is 0 Å². The third-order valence-corrected chi connectivity index (χ3v) is 11.6. The second-order valence-electron chi connectivity index (χ2n) is 14.8. The summed E-state index contributed by atoms with van der Waals surface area (Å²) in [6.07, 6.45) is 0.699. The first-order valence-electron chi connectivity index (χ1n) is 19.4. The summed E-state index contributed by atoms with van der Waals surface area (Å²) in [6.45, 7) is 0. The fourth-order valence-electron chi connectivity index (χ4n) is 8.96. The zero-order valence-corrected chi connectivity index (χ0v) is 30.8. The Morgan fingerprint density at radius 1 is 0.474 bits per heavy atom. The van der Waals surface area contributed by atoms with Crippen LogP contribution < -0.4 is 0 Å². The molecule has 11 aromatic rings. The molecule has 5 heteroatoms. The van der Waals surface area contributed by atoms with E-state index in [0.717, 1.165) is 93.8 Å². The van der Waals surface area contributed by atoms with Crippen LogP contribution in [0.25, 0.3) is 82.5 Å². The highest BCUT2D eigenvalue weighted by Gasteiger charge is 2.26. The van der Waals surface area contributed by atoms with Gasteiger partial charge in [-0.05, 0) is 64.7 Å². The van der Waals surface area contributed by atoms with Crippen LogP contribution in [0.1, 0.15) is 29.2 Å². The van der Waals surface area contributed by atoms with Crippen LogP contribution in [-0.2, 0) is 0 Å². The number of hydrogen-bond donors (Lipinski definition) is 0. The van der Waals surface area contributed by atoms with Gasteiger partial charge in [-0.3, -0.25) is 4.99 Å². The van der Waals surface area contributed by atoms with Crippen molar-refractivity contribution in [2.75, 3.05) is 0 Å². The molecule has 0 saturated carbocycles. The zero-order chi connectivity index (χ0) is 37.5. The van der Waals surface area contributed by atoms with Gasteiger partial charge in [0, 0.05) is 38.9 Å². The van der Waals surface area contributed by atoms with Crippen molar-refractivity contribution in [3.05, 3.63) is 199 Å². The van der Waals surface area contributed by atoms with Crippen molar-refractivity contribution in [1.29, 1.82) is 0 Å². The van der Waals surface area contributed by atoms with Gasteiger partial charge in [-0.25, -0.2) is 4.99 Å². The molecule has 0 spiro atoms. The Kier molecular flexibility index (Phi) is 6.99. The molecule has 12 rings (SSSR count). The lowest BCUT2D eigenvalue weighted by molar-refractivity contribution is 0.666. The molecule has 1 aliphatic heterocycles. The number of para-hydroxylation sites is 3. The minimum atomic E-state index is -0.118. The number of aliphatic imine (C=N–C) groups is 2. The molecule has 4 heterocycles. The number of benzene rings is 8. The second kappa shape index (κ2) is 12.5. The van der Waals surface area contributed by atoms with Crippen molar-refractivity contribution in [2.24, 2.45) is 9.98 Å². The zero-order valence-electron chi connectivity index (χ0n) is 30.8. The predicted octanol–water partition coefficient (Wildman–Crippen LogP) is 13.6. The minimum absolute atomic E-state index is 0.118. The van der Waals surface area contributed by atoms with E-state index in [9.17, 15) is 0 Å². The highest BCUT2D eigenvalue weighted by molar-refractivity contribution is 6.25. The number of fused-ring (bicyclic) bond motifs is 10. The topological polar surface area (TPSA) is 55.9 Å². The molecule has 1 atom stereocenters. The van der Waals surface area contributed by atoms with Crippen molar-refractivity contribution in [3.8, 4) is 16.8 Å². The molecule has 8 aromatic carbocycles. The largest absolute Gasteiger partial charge is 0.455 e. The molecule has 0 saturated heterocycles. The smallest absolute Gasteiger partial charge is 0.159 e. The Morgan fingerprint density at radius 2 is 1.16 bits per heavy atom. The van der Waals surface area contributed by atoms with E-state index < -0.39 is 0 Å². The lowest BCUT2D eigenvalue weighted by Crippen LogP contribution is -2.17. The predicted molar refractivity (Wildman–Crippen MR) is 234 cm³/mol. The summed E-state index contributed by atoms with van der Waals surface area (Å²) < 4.78 is 15.8. The molecule has 1 aliphatic rings. The fraction of sp³-hybridized carbons (Fsp3) is 0.0385. The van der Waals surface area contributed by atoms with E-state index in [1.165, 1.54) is 11.1 Å². The molecule has 0 radical (unpaired) electrons. The van der Waals surface area contributed by atoms with Gasteiger partial charge in [0.1, 0.15) is 16.7 Å². The number of hydrogen-bond acceptors (Lipinski definition) is 4. The van der Waals surface area contributed by atoms with Crippen LogP contribution in [0.3, 0.4) is 0 Å². The van der Waals surface area contributed by atoms with Gasteiger partial charge < -0.3 is 13.4 Å². The van der Waals surface area contributed by atoms with E-state index in [1.807, 2.05) is 12.1 Å². The molecule has 57 heavy (non-hydrogen) atoms.